The van der Waals surface area contributed by atoms with Crippen LogP contribution in [0.15, 0.2) is 45.5 Å². The Morgan fingerprint density at radius 3 is 2.70 bits per heavy atom. The number of dihydropyridines is 1. The lowest BCUT2D eigenvalue weighted by Crippen LogP contribution is -2.47. The molecular formula is C23H23ClN6O3. The van der Waals surface area contributed by atoms with E-state index < -0.39 is 0 Å². The van der Waals surface area contributed by atoms with Gasteiger partial charge in [-0.2, -0.15) is 10.2 Å². The first kappa shape index (κ1) is 21.4. The van der Waals surface area contributed by atoms with Crippen molar-refractivity contribution in [3.8, 4) is 6.07 Å². The van der Waals surface area contributed by atoms with Crippen LogP contribution in [-0.2, 0) is 9.53 Å². The second-order valence-electron chi connectivity index (χ2n) is 8.69. The quantitative estimate of drug-likeness (QED) is 0.507. The Kier molecular flexibility index (Phi) is 5.49. The number of piperazine rings is 1. The average Bonchev–Trinajstić information content (AvgIpc) is 3.46. The summed E-state index contributed by atoms with van der Waals surface area (Å²) >= 11 is 5.94. The van der Waals surface area contributed by atoms with Gasteiger partial charge in [-0.15, -0.1) is 0 Å². The van der Waals surface area contributed by atoms with Crippen LogP contribution in [0.5, 0.6) is 0 Å². The van der Waals surface area contributed by atoms with E-state index in [2.05, 4.69) is 31.2 Å². The maximum absolute atomic E-state index is 11.7. The summed E-state index contributed by atoms with van der Waals surface area (Å²) in [5.74, 6) is 2.57. The SMILES string of the molecule is CC1=C(OCC2(CC#N)CC2)NC(=C=O)C(N2CCN(c3nc4nc(Cl)ccc4o3)CC2)=C1. The Hall–Kier alpha value is -3.47. The Bertz CT molecular complexity index is 1240. The summed E-state index contributed by atoms with van der Waals surface area (Å²) in [6.45, 7) is 5.12. The number of halogens is 1. The molecule has 9 nitrogen and oxygen atoms in total. The molecule has 5 rings (SSSR count). The maximum atomic E-state index is 11.7. The number of carbonyl (C=O) groups excluding carboxylic acids is 1. The Labute approximate surface area is 196 Å². The van der Waals surface area contributed by atoms with Crippen molar-refractivity contribution in [3.05, 3.63) is 46.2 Å². The molecule has 0 radical (unpaired) electrons. The minimum Gasteiger partial charge on any atom is -0.478 e. The molecule has 0 spiro atoms. The number of ether oxygens (including phenoxy) is 1. The van der Waals surface area contributed by atoms with Gasteiger partial charge < -0.3 is 24.3 Å². The number of hydrogen-bond donors (Lipinski definition) is 1. The molecule has 1 saturated carbocycles. The number of pyridine rings is 1. The number of hydrogen-bond acceptors (Lipinski definition) is 9. The highest BCUT2D eigenvalue weighted by atomic mass is 35.5. The summed E-state index contributed by atoms with van der Waals surface area (Å²) < 4.78 is 11.8. The van der Waals surface area contributed by atoms with E-state index in [-0.39, 0.29) is 5.41 Å². The molecule has 1 N–H and O–H groups in total. The zero-order valence-electron chi connectivity index (χ0n) is 18.2. The Morgan fingerprint density at radius 2 is 2.00 bits per heavy atom. The van der Waals surface area contributed by atoms with E-state index in [0.29, 0.717) is 73.2 Å². The Balaban J connectivity index is 1.26. The predicted molar refractivity (Wildman–Crippen MR) is 122 cm³/mol. The van der Waals surface area contributed by atoms with Crippen molar-refractivity contribution in [1.29, 1.82) is 5.26 Å². The molecule has 10 heteroatoms. The average molecular weight is 467 g/mol. The molecular weight excluding hydrogens is 444 g/mol. The van der Waals surface area contributed by atoms with Gasteiger partial charge in [0.15, 0.2) is 23.1 Å². The zero-order chi connectivity index (χ0) is 23.0. The molecule has 0 bridgehead atoms. The number of fused-ring (bicyclic) bond motifs is 1. The van der Waals surface area contributed by atoms with Gasteiger partial charge in [0.05, 0.1) is 18.4 Å². The molecule has 0 aromatic carbocycles. The second-order valence-corrected chi connectivity index (χ2v) is 9.08. The second kappa shape index (κ2) is 8.47. The monoisotopic (exact) mass is 466 g/mol. The van der Waals surface area contributed by atoms with Crippen molar-refractivity contribution in [2.45, 2.75) is 26.2 Å². The van der Waals surface area contributed by atoms with E-state index in [0.717, 1.165) is 24.1 Å². The highest BCUT2D eigenvalue weighted by Gasteiger charge is 2.43. The molecule has 2 fully saturated rings. The molecule has 1 saturated heterocycles. The van der Waals surface area contributed by atoms with Gasteiger partial charge in [-0.05, 0) is 38.0 Å². The summed E-state index contributed by atoms with van der Waals surface area (Å²) in [5.41, 5.74) is 3.09. The molecule has 4 heterocycles. The molecule has 3 aliphatic rings. The van der Waals surface area contributed by atoms with E-state index in [1.54, 1.807) is 12.1 Å². The van der Waals surface area contributed by atoms with Gasteiger partial charge in [0, 0.05) is 43.6 Å². The molecule has 2 aromatic rings. The van der Waals surface area contributed by atoms with Crippen molar-refractivity contribution in [2.24, 2.45) is 5.41 Å². The van der Waals surface area contributed by atoms with Gasteiger partial charge in [0.1, 0.15) is 5.15 Å². The van der Waals surface area contributed by atoms with Crippen molar-refractivity contribution < 1.29 is 13.9 Å². The standard InChI is InChI=1S/C23H23ClN6O3/c1-15-12-17(16(13-31)26-21(15)32-14-23(4-5-23)6-7-25)29-8-10-30(11-9-29)22-28-20-18(33-22)2-3-19(24)27-20/h2-3,12,26H,4-6,8-11,14H2,1H3. The Morgan fingerprint density at radius 1 is 1.24 bits per heavy atom. The lowest BCUT2D eigenvalue weighted by Gasteiger charge is -2.38. The lowest BCUT2D eigenvalue weighted by atomic mass is 10.1. The largest absolute Gasteiger partial charge is 0.478 e. The van der Waals surface area contributed by atoms with Gasteiger partial charge in [0.2, 0.25) is 5.65 Å². The first-order valence-corrected chi connectivity index (χ1v) is 11.3. The highest BCUT2D eigenvalue weighted by molar-refractivity contribution is 6.29. The summed E-state index contributed by atoms with van der Waals surface area (Å²) in [6, 6.07) is 6.19. The van der Waals surface area contributed by atoms with E-state index in [1.807, 2.05) is 18.9 Å². The van der Waals surface area contributed by atoms with Crippen molar-refractivity contribution in [1.82, 2.24) is 20.2 Å². The fourth-order valence-corrected chi connectivity index (χ4v) is 4.24. The van der Waals surface area contributed by atoms with Gasteiger partial charge in [-0.25, -0.2) is 9.78 Å². The van der Waals surface area contributed by atoms with Crippen LogP contribution < -0.4 is 10.2 Å². The third kappa shape index (κ3) is 4.28. The number of aromatic nitrogens is 2. The van der Waals surface area contributed by atoms with Gasteiger partial charge in [-0.1, -0.05) is 11.6 Å². The minimum atomic E-state index is -0.0410. The van der Waals surface area contributed by atoms with Crippen LogP contribution in [0.1, 0.15) is 26.2 Å². The first-order valence-electron chi connectivity index (χ1n) is 10.9. The third-order valence-corrected chi connectivity index (χ3v) is 6.55. The van der Waals surface area contributed by atoms with E-state index >= 15 is 0 Å². The molecule has 0 amide bonds. The number of rotatable bonds is 6. The molecule has 0 atom stereocenters. The molecule has 2 aromatic heterocycles. The summed E-state index contributed by atoms with van der Waals surface area (Å²) in [5, 5.41) is 12.5. The fourth-order valence-electron chi connectivity index (χ4n) is 4.10. The minimum absolute atomic E-state index is 0.0410. The van der Waals surface area contributed by atoms with Crippen molar-refractivity contribution >= 4 is 34.8 Å². The first-order chi connectivity index (χ1) is 16.0. The molecule has 2 aliphatic heterocycles. The fraction of sp³-hybridized carbons (Fsp3) is 0.435. The van der Waals surface area contributed by atoms with E-state index in [4.69, 9.17) is 26.0 Å². The summed E-state index contributed by atoms with van der Waals surface area (Å²) in [7, 11) is 0. The number of oxazole rings is 1. The number of allylic oxidation sites excluding steroid dienone is 2. The van der Waals surface area contributed by atoms with Crippen LogP contribution in [0.25, 0.3) is 11.2 Å². The van der Waals surface area contributed by atoms with Crippen LogP contribution in [0.3, 0.4) is 0 Å². The smallest absolute Gasteiger partial charge is 0.300 e. The predicted octanol–water partition coefficient (Wildman–Crippen LogP) is 3.14. The summed E-state index contributed by atoms with van der Waals surface area (Å²) in [6.07, 6.45) is 4.44. The maximum Gasteiger partial charge on any atom is 0.300 e. The molecule has 1 aliphatic carbocycles. The van der Waals surface area contributed by atoms with Crippen LogP contribution in [0, 0.1) is 16.7 Å². The van der Waals surface area contributed by atoms with Crippen LogP contribution >= 0.6 is 11.6 Å². The highest BCUT2D eigenvalue weighted by Crippen LogP contribution is 2.49. The van der Waals surface area contributed by atoms with Gasteiger partial charge in [-0.3, -0.25) is 0 Å². The third-order valence-electron chi connectivity index (χ3n) is 6.34. The summed E-state index contributed by atoms with van der Waals surface area (Å²) in [4.78, 5) is 24.6. The number of nitrogens with one attached hydrogen (secondary N) is 1. The van der Waals surface area contributed by atoms with Crippen molar-refractivity contribution in [3.63, 3.8) is 0 Å². The topological polar surface area (TPSA) is 108 Å². The van der Waals surface area contributed by atoms with Crippen LogP contribution in [0.4, 0.5) is 6.01 Å². The molecule has 33 heavy (non-hydrogen) atoms. The number of nitrogens with zero attached hydrogens (tertiary/aromatic N) is 5. The molecule has 170 valence electrons. The van der Waals surface area contributed by atoms with Gasteiger partial charge >= 0.3 is 0 Å². The van der Waals surface area contributed by atoms with Crippen LogP contribution in [0.2, 0.25) is 5.15 Å². The lowest BCUT2D eigenvalue weighted by molar-refractivity contribution is 0.139. The number of nitriles is 1. The van der Waals surface area contributed by atoms with Crippen molar-refractivity contribution in [2.75, 3.05) is 37.7 Å². The van der Waals surface area contributed by atoms with E-state index in [9.17, 15) is 4.79 Å². The van der Waals surface area contributed by atoms with Crippen LogP contribution in [-0.4, -0.2) is 53.6 Å². The molecule has 0 unspecified atom stereocenters. The number of anilines is 1. The van der Waals surface area contributed by atoms with Gasteiger partial charge in [0.25, 0.3) is 6.01 Å². The zero-order valence-corrected chi connectivity index (χ0v) is 19.0. The normalized spacial score (nSPS) is 19.7. The van der Waals surface area contributed by atoms with E-state index in [1.165, 1.54) is 0 Å².